The predicted octanol–water partition coefficient (Wildman–Crippen LogP) is 3.52. The molecule has 2 heteroatoms. The van der Waals surface area contributed by atoms with E-state index in [1.54, 1.807) is 0 Å². The van der Waals surface area contributed by atoms with E-state index in [1.807, 2.05) is 0 Å². The van der Waals surface area contributed by atoms with Crippen LogP contribution in [0.4, 0.5) is 0 Å². The third-order valence-electron chi connectivity index (χ3n) is 3.75. The molecular formula is C16H14N2. The smallest absolute Gasteiger partial charge is 0.138 e. The minimum Gasteiger partial charge on any atom is -0.297 e. The van der Waals surface area contributed by atoms with Gasteiger partial charge < -0.3 is 0 Å². The fraction of sp³-hybridized carbons (Fsp3) is 0.188. The lowest BCUT2D eigenvalue weighted by Crippen LogP contribution is -1.94. The van der Waals surface area contributed by atoms with Gasteiger partial charge in [0.2, 0.25) is 0 Å². The molecule has 0 aliphatic heterocycles. The molecule has 0 unspecified atom stereocenters. The van der Waals surface area contributed by atoms with Crippen LogP contribution in [0.2, 0.25) is 0 Å². The first-order chi connectivity index (χ1) is 8.74. The van der Waals surface area contributed by atoms with Crippen molar-refractivity contribution >= 4 is 5.65 Å². The van der Waals surface area contributed by atoms with Crippen molar-refractivity contribution in [2.45, 2.75) is 20.3 Å². The van der Waals surface area contributed by atoms with Crippen LogP contribution in [-0.2, 0) is 6.42 Å². The number of rotatable bonds is 0. The summed E-state index contributed by atoms with van der Waals surface area (Å²) in [5.41, 5.74) is 8.85. The monoisotopic (exact) mass is 234 g/mol. The maximum Gasteiger partial charge on any atom is 0.138 e. The van der Waals surface area contributed by atoms with Crippen LogP contribution in [0.3, 0.4) is 0 Å². The van der Waals surface area contributed by atoms with E-state index in [0.717, 1.165) is 12.1 Å². The first-order valence-corrected chi connectivity index (χ1v) is 6.31. The van der Waals surface area contributed by atoms with Crippen LogP contribution < -0.4 is 0 Å². The van der Waals surface area contributed by atoms with Crippen molar-refractivity contribution in [1.82, 2.24) is 9.38 Å². The van der Waals surface area contributed by atoms with Crippen molar-refractivity contribution in [3.63, 3.8) is 0 Å². The highest BCUT2D eigenvalue weighted by Crippen LogP contribution is 2.37. The van der Waals surface area contributed by atoms with Crippen molar-refractivity contribution in [3.8, 4) is 11.3 Å². The fourth-order valence-corrected chi connectivity index (χ4v) is 3.06. The molecule has 1 aromatic carbocycles. The molecule has 0 spiro atoms. The zero-order chi connectivity index (χ0) is 12.3. The first kappa shape index (κ1) is 9.89. The summed E-state index contributed by atoms with van der Waals surface area (Å²) in [5, 5.41) is 0. The molecule has 88 valence electrons. The van der Waals surface area contributed by atoms with E-state index in [1.165, 1.54) is 33.8 Å². The van der Waals surface area contributed by atoms with E-state index in [-0.39, 0.29) is 0 Å². The van der Waals surface area contributed by atoms with E-state index in [2.05, 4.69) is 54.6 Å². The summed E-state index contributed by atoms with van der Waals surface area (Å²) in [5.74, 6) is 0. The molecule has 18 heavy (non-hydrogen) atoms. The normalized spacial score (nSPS) is 12.8. The average molecular weight is 234 g/mol. The van der Waals surface area contributed by atoms with Crippen molar-refractivity contribution in [2.24, 2.45) is 0 Å². The topological polar surface area (TPSA) is 17.3 Å². The Kier molecular flexibility index (Phi) is 1.77. The minimum absolute atomic E-state index is 0.964. The van der Waals surface area contributed by atoms with Gasteiger partial charge in [0.25, 0.3) is 0 Å². The SMILES string of the molecule is Cc1cc(C)n2c3c(nc2c1)Cc1ccccc1-3. The van der Waals surface area contributed by atoms with Gasteiger partial charge in [-0.2, -0.15) is 0 Å². The Morgan fingerprint density at radius 2 is 1.94 bits per heavy atom. The second-order valence-electron chi connectivity index (χ2n) is 5.11. The maximum absolute atomic E-state index is 4.79. The molecule has 2 aromatic heterocycles. The standard InChI is InChI=1S/C16H14N2/c1-10-7-11(2)18-15(8-10)17-14-9-12-5-3-4-6-13(12)16(14)18/h3-8H,9H2,1-2H3. The molecule has 0 atom stereocenters. The summed E-state index contributed by atoms with van der Waals surface area (Å²) in [4.78, 5) is 4.79. The number of fused-ring (bicyclic) bond motifs is 5. The molecule has 0 N–H and O–H groups in total. The Morgan fingerprint density at radius 1 is 1.11 bits per heavy atom. The highest BCUT2D eigenvalue weighted by atomic mass is 15.0. The van der Waals surface area contributed by atoms with Crippen LogP contribution in [0.25, 0.3) is 16.9 Å². The van der Waals surface area contributed by atoms with Gasteiger partial charge in [-0.05, 0) is 37.1 Å². The molecule has 0 radical (unpaired) electrons. The van der Waals surface area contributed by atoms with Gasteiger partial charge in [0, 0.05) is 17.7 Å². The number of aryl methyl sites for hydroxylation is 2. The van der Waals surface area contributed by atoms with Crippen LogP contribution in [0, 0.1) is 13.8 Å². The van der Waals surface area contributed by atoms with Crippen LogP contribution in [0.1, 0.15) is 22.5 Å². The lowest BCUT2D eigenvalue weighted by molar-refractivity contribution is 1.09. The van der Waals surface area contributed by atoms with Crippen LogP contribution >= 0.6 is 0 Å². The molecule has 0 saturated carbocycles. The van der Waals surface area contributed by atoms with Crippen LogP contribution in [-0.4, -0.2) is 9.38 Å². The molecule has 2 heterocycles. The highest BCUT2D eigenvalue weighted by molar-refractivity contribution is 5.76. The Labute approximate surface area is 106 Å². The molecule has 0 saturated heterocycles. The Bertz CT molecular complexity index is 781. The summed E-state index contributed by atoms with van der Waals surface area (Å²) >= 11 is 0. The number of nitrogens with zero attached hydrogens (tertiary/aromatic N) is 2. The quantitative estimate of drug-likeness (QED) is 0.455. The summed E-state index contributed by atoms with van der Waals surface area (Å²) in [6.45, 7) is 4.28. The molecule has 2 nitrogen and oxygen atoms in total. The average Bonchev–Trinajstić information content (AvgIpc) is 2.83. The highest BCUT2D eigenvalue weighted by Gasteiger charge is 2.24. The maximum atomic E-state index is 4.79. The van der Waals surface area contributed by atoms with Crippen molar-refractivity contribution in [2.75, 3.05) is 0 Å². The zero-order valence-electron chi connectivity index (χ0n) is 10.6. The fourth-order valence-electron chi connectivity index (χ4n) is 3.06. The molecule has 0 fully saturated rings. The van der Waals surface area contributed by atoms with E-state index in [9.17, 15) is 0 Å². The predicted molar refractivity (Wildman–Crippen MR) is 72.9 cm³/mol. The number of imidazole rings is 1. The van der Waals surface area contributed by atoms with Gasteiger partial charge in [-0.1, -0.05) is 24.3 Å². The van der Waals surface area contributed by atoms with E-state index >= 15 is 0 Å². The summed E-state index contributed by atoms with van der Waals surface area (Å²) in [6, 6.07) is 13.0. The Balaban J connectivity index is 2.15. The van der Waals surface area contributed by atoms with Crippen molar-refractivity contribution < 1.29 is 0 Å². The van der Waals surface area contributed by atoms with Gasteiger partial charge in [0.1, 0.15) is 5.65 Å². The van der Waals surface area contributed by atoms with Gasteiger partial charge in [-0.3, -0.25) is 4.40 Å². The second kappa shape index (κ2) is 3.22. The van der Waals surface area contributed by atoms with Crippen LogP contribution in [0.15, 0.2) is 36.4 Å². The molecular weight excluding hydrogens is 220 g/mol. The lowest BCUT2D eigenvalue weighted by atomic mass is 10.1. The van der Waals surface area contributed by atoms with Crippen LogP contribution in [0.5, 0.6) is 0 Å². The Hall–Kier alpha value is -2.09. The summed E-state index contributed by atoms with van der Waals surface area (Å²) in [6.07, 6.45) is 0.964. The third-order valence-corrected chi connectivity index (χ3v) is 3.75. The lowest BCUT2D eigenvalue weighted by Gasteiger charge is -2.06. The molecule has 1 aliphatic carbocycles. The number of aromatic nitrogens is 2. The second-order valence-corrected chi connectivity index (χ2v) is 5.11. The van der Waals surface area contributed by atoms with E-state index < -0.39 is 0 Å². The first-order valence-electron chi connectivity index (χ1n) is 6.31. The molecule has 1 aliphatic rings. The number of hydrogen-bond donors (Lipinski definition) is 0. The van der Waals surface area contributed by atoms with Gasteiger partial charge in [0.05, 0.1) is 11.4 Å². The van der Waals surface area contributed by atoms with E-state index in [4.69, 9.17) is 4.98 Å². The molecule has 0 amide bonds. The zero-order valence-corrected chi connectivity index (χ0v) is 10.6. The van der Waals surface area contributed by atoms with Crippen molar-refractivity contribution in [3.05, 3.63) is 58.9 Å². The number of benzene rings is 1. The minimum atomic E-state index is 0.964. The largest absolute Gasteiger partial charge is 0.297 e. The van der Waals surface area contributed by atoms with Gasteiger partial charge in [0.15, 0.2) is 0 Å². The van der Waals surface area contributed by atoms with Gasteiger partial charge in [-0.25, -0.2) is 4.98 Å². The van der Waals surface area contributed by atoms with Crippen molar-refractivity contribution in [1.29, 1.82) is 0 Å². The number of pyridine rings is 1. The summed E-state index contributed by atoms with van der Waals surface area (Å²) in [7, 11) is 0. The number of hydrogen-bond acceptors (Lipinski definition) is 1. The Morgan fingerprint density at radius 3 is 2.83 bits per heavy atom. The summed E-state index contributed by atoms with van der Waals surface area (Å²) < 4.78 is 2.29. The molecule has 0 bridgehead atoms. The molecule has 3 aromatic rings. The van der Waals surface area contributed by atoms with Gasteiger partial charge >= 0.3 is 0 Å². The van der Waals surface area contributed by atoms with Gasteiger partial charge in [-0.15, -0.1) is 0 Å². The van der Waals surface area contributed by atoms with E-state index in [0.29, 0.717) is 0 Å². The molecule has 4 rings (SSSR count). The third kappa shape index (κ3) is 1.15.